The van der Waals surface area contributed by atoms with Crippen molar-refractivity contribution in [1.29, 1.82) is 0 Å². The highest BCUT2D eigenvalue weighted by Crippen LogP contribution is 2.48. The molecule has 2 heterocycles. The molecular weight excluding hydrogens is 342 g/mol. The van der Waals surface area contributed by atoms with Gasteiger partial charge in [-0.05, 0) is 57.1 Å². The van der Waals surface area contributed by atoms with Gasteiger partial charge in [-0.15, -0.1) is 0 Å². The predicted octanol–water partition coefficient (Wildman–Crippen LogP) is 3.28. The second kappa shape index (κ2) is 7.15. The number of likely N-dealkylation sites (tertiary alicyclic amines) is 1. The number of rotatable bonds is 3. The minimum Gasteiger partial charge on any atom is -0.465 e. The number of fused-ring (bicyclic) bond motifs is 2. The van der Waals surface area contributed by atoms with Gasteiger partial charge >= 0.3 is 6.09 Å². The van der Waals surface area contributed by atoms with Crippen LogP contribution in [0.2, 0.25) is 0 Å². The monoisotopic (exact) mass is 371 g/mol. The normalized spacial score (nSPS) is 28.8. The topological polar surface area (TPSA) is 72.9 Å². The lowest BCUT2D eigenvalue weighted by molar-refractivity contribution is -0.122. The molecule has 0 aromatic heterocycles. The lowest BCUT2D eigenvalue weighted by Crippen LogP contribution is -2.51. The van der Waals surface area contributed by atoms with Gasteiger partial charge in [0.15, 0.2) is 0 Å². The number of nitrogens with one attached hydrogen (secondary N) is 1. The standard InChI is InChI=1S/C21H29N3O3/c1-2-24(20(26)27)16-9-13-23(14-10-16)15-7-11-21(12-8-15)17-5-3-4-6-18(17)22-19(21)25/h3-6,15-16H,2,7-14H2,1H3,(H,22,25)(H,26,27). The fraction of sp³-hybridized carbons (Fsp3) is 0.619. The highest BCUT2D eigenvalue weighted by molar-refractivity contribution is 6.06. The van der Waals surface area contributed by atoms with E-state index >= 15 is 0 Å². The minimum absolute atomic E-state index is 0.145. The molecule has 0 atom stereocenters. The third-order valence-corrected chi connectivity index (χ3v) is 6.98. The van der Waals surface area contributed by atoms with E-state index in [1.54, 1.807) is 4.90 Å². The summed E-state index contributed by atoms with van der Waals surface area (Å²) in [5, 5.41) is 12.4. The van der Waals surface area contributed by atoms with Gasteiger partial charge in [0.25, 0.3) is 0 Å². The fourth-order valence-electron chi connectivity index (χ4n) is 5.44. The van der Waals surface area contributed by atoms with Crippen molar-refractivity contribution >= 4 is 17.7 Å². The van der Waals surface area contributed by atoms with Crippen LogP contribution in [0.3, 0.4) is 0 Å². The van der Waals surface area contributed by atoms with E-state index in [1.165, 1.54) is 5.56 Å². The van der Waals surface area contributed by atoms with E-state index in [-0.39, 0.29) is 17.4 Å². The molecule has 1 aromatic rings. The SMILES string of the molecule is CCN(C(=O)O)C1CCN(C2CCC3(CC2)C(=O)Nc2ccccc23)CC1. The average Bonchev–Trinajstić information content (AvgIpc) is 2.95. The van der Waals surface area contributed by atoms with Gasteiger partial charge in [-0.25, -0.2) is 4.79 Å². The first-order valence-corrected chi connectivity index (χ1v) is 10.2. The van der Waals surface area contributed by atoms with Crippen LogP contribution in [0.15, 0.2) is 24.3 Å². The van der Waals surface area contributed by atoms with Gasteiger partial charge in [-0.2, -0.15) is 0 Å². The number of carbonyl (C=O) groups is 2. The number of carboxylic acid groups (broad SMARTS) is 1. The van der Waals surface area contributed by atoms with Crippen molar-refractivity contribution in [2.24, 2.45) is 0 Å². The van der Waals surface area contributed by atoms with Crippen molar-refractivity contribution in [3.8, 4) is 0 Å². The lowest BCUT2D eigenvalue weighted by Gasteiger charge is -2.44. The van der Waals surface area contributed by atoms with E-state index in [4.69, 9.17) is 0 Å². The van der Waals surface area contributed by atoms with Crippen LogP contribution in [0, 0.1) is 0 Å². The first-order chi connectivity index (χ1) is 13.0. The van der Waals surface area contributed by atoms with Crippen LogP contribution in [0.5, 0.6) is 0 Å². The molecule has 1 aromatic carbocycles. The summed E-state index contributed by atoms with van der Waals surface area (Å²) >= 11 is 0. The maximum absolute atomic E-state index is 12.7. The Hall–Kier alpha value is -2.08. The Kier molecular flexibility index (Phi) is 4.84. The molecule has 1 saturated heterocycles. The molecule has 2 amide bonds. The van der Waals surface area contributed by atoms with Crippen LogP contribution >= 0.6 is 0 Å². The number of carbonyl (C=O) groups excluding carboxylic acids is 1. The van der Waals surface area contributed by atoms with E-state index < -0.39 is 6.09 Å². The number of nitrogens with zero attached hydrogens (tertiary/aromatic N) is 2. The fourth-order valence-corrected chi connectivity index (χ4v) is 5.44. The molecule has 1 aliphatic carbocycles. The summed E-state index contributed by atoms with van der Waals surface area (Å²) in [5.41, 5.74) is 1.82. The molecule has 146 valence electrons. The van der Waals surface area contributed by atoms with Crippen LogP contribution in [0.4, 0.5) is 10.5 Å². The molecule has 3 aliphatic rings. The van der Waals surface area contributed by atoms with Crippen LogP contribution in [-0.4, -0.2) is 58.6 Å². The summed E-state index contributed by atoms with van der Waals surface area (Å²) in [6.07, 6.45) is 4.87. The maximum atomic E-state index is 12.7. The zero-order valence-electron chi connectivity index (χ0n) is 16.0. The number of para-hydroxylation sites is 1. The summed E-state index contributed by atoms with van der Waals surface area (Å²) in [5.74, 6) is 0.168. The van der Waals surface area contributed by atoms with Crippen LogP contribution in [0.1, 0.15) is 51.0 Å². The Morgan fingerprint density at radius 1 is 1.22 bits per heavy atom. The summed E-state index contributed by atoms with van der Waals surface area (Å²) in [6.45, 7) is 4.37. The number of hydrogen-bond acceptors (Lipinski definition) is 3. The molecule has 2 aliphatic heterocycles. The van der Waals surface area contributed by atoms with Gasteiger partial charge in [0.2, 0.25) is 5.91 Å². The second-order valence-electron chi connectivity index (χ2n) is 8.15. The van der Waals surface area contributed by atoms with Gasteiger partial charge in [0, 0.05) is 37.4 Å². The summed E-state index contributed by atoms with van der Waals surface area (Å²) in [6, 6.07) is 8.76. The Morgan fingerprint density at radius 2 is 1.89 bits per heavy atom. The largest absolute Gasteiger partial charge is 0.465 e. The van der Waals surface area contributed by atoms with E-state index in [0.717, 1.165) is 57.3 Å². The van der Waals surface area contributed by atoms with E-state index in [0.29, 0.717) is 12.6 Å². The zero-order valence-corrected chi connectivity index (χ0v) is 16.0. The van der Waals surface area contributed by atoms with Crippen LogP contribution in [0.25, 0.3) is 0 Å². The molecule has 6 heteroatoms. The highest BCUT2D eigenvalue weighted by Gasteiger charge is 2.49. The third kappa shape index (κ3) is 3.10. The molecular formula is C21H29N3O3. The average molecular weight is 371 g/mol. The third-order valence-electron chi connectivity index (χ3n) is 6.98. The van der Waals surface area contributed by atoms with Crippen molar-refractivity contribution in [1.82, 2.24) is 9.80 Å². The van der Waals surface area contributed by atoms with Crippen molar-refractivity contribution < 1.29 is 14.7 Å². The van der Waals surface area contributed by atoms with Crippen molar-refractivity contribution in [2.75, 3.05) is 25.0 Å². The van der Waals surface area contributed by atoms with E-state index in [9.17, 15) is 14.7 Å². The Morgan fingerprint density at radius 3 is 2.52 bits per heavy atom. The predicted molar refractivity (Wildman–Crippen MR) is 104 cm³/mol. The molecule has 1 saturated carbocycles. The number of piperidine rings is 1. The van der Waals surface area contributed by atoms with Crippen molar-refractivity contribution in [2.45, 2.75) is 62.9 Å². The van der Waals surface area contributed by atoms with Crippen molar-refractivity contribution in [3.63, 3.8) is 0 Å². The molecule has 6 nitrogen and oxygen atoms in total. The molecule has 1 spiro atoms. The Labute approximate surface area is 160 Å². The molecule has 0 radical (unpaired) electrons. The number of anilines is 1. The number of benzene rings is 1. The van der Waals surface area contributed by atoms with Gasteiger partial charge in [-0.3, -0.25) is 4.79 Å². The van der Waals surface area contributed by atoms with E-state index in [1.807, 2.05) is 25.1 Å². The summed E-state index contributed by atoms with van der Waals surface area (Å²) in [4.78, 5) is 28.2. The van der Waals surface area contributed by atoms with Crippen molar-refractivity contribution in [3.05, 3.63) is 29.8 Å². The summed E-state index contributed by atoms with van der Waals surface area (Å²) < 4.78 is 0. The molecule has 2 fully saturated rings. The molecule has 27 heavy (non-hydrogen) atoms. The zero-order chi connectivity index (χ0) is 19.0. The lowest BCUT2D eigenvalue weighted by atomic mass is 9.68. The minimum atomic E-state index is -0.804. The maximum Gasteiger partial charge on any atom is 0.407 e. The van der Waals surface area contributed by atoms with Gasteiger partial charge in [0.05, 0.1) is 5.41 Å². The van der Waals surface area contributed by atoms with Gasteiger partial charge in [0.1, 0.15) is 0 Å². The Bertz CT molecular complexity index is 719. The quantitative estimate of drug-likeness (QED) is 0.855. The molecule has 0 unspecified atom stereocenters. The van der Waals surface area contributed by atoms with Crippen LogP contribution < -0.4 is 5.32 Å². The second-order valence-corrected chi connectivity index (χ2v) is 8.15. The first-order valence-electron chi connectivity index (χ1n) is 10.2. The van der Waals surface area contributed by atoms with Gasteiger partial charge < -0.3 is 20.2 Å². The Balaban J connectivity index is 1.37. The molecule has 4 rings (SSSR count). The first kappa shape index (κ1) is 18.3. The molecule has 0 bridgehead atoms. The highest BCUT2D eigenvalue weighted by atomic mass is 16.4. The van der Waals surface area contributed by atoms with Gasteiger partial charge in [-0.1, -0.05) is 18.2 Å². The number of amides is 2. The smallest absolute Gasteiger partial charge is 0.407 e. The molecule has 2 N–H and O–H groups in total. The summed E-state index contributed by atoms with van der Waals surface area (Å²) in [7, 11) is 0. The van der Waals surface area contributed by atoms with E-state index in [2.05, 4.69) is 16.3 Å². The number of hydrogen-bond donors (Lipinski definition) is 2. The van der Waals surface area contributed by atoms with Crippen LogP contribution in [-0.2, 0) is 10.2 Å².